The molecular weight excluding hydrogens is 308 g/mol. The summed E-state index contributed by atoms with van der Waals surface area (Å²) in [5, 5.41) is 3.03. The van der Waals surface area contributed by atoms with Crippen LogP contribution in [0.25, 0.3) is 0 Å². The van der Waals surface area contributed by atoms with Gasteiger partial charge in [0.1, 0.15) is 11.5 Å². The van der Waals surface area contributed by atoms with Crippen molar-refractivity contribution in [1.82, 2.24) is 5.32 Å². The second kappa shape index (κ2) is 7.04. The van der Waals surface area contributed by atoms with Gasteiger partial charge in [0.05, 0.1) is 12.6 Å². The Morgan fingerprint density at radius 2 is 1.92 bits per heavy atom. The van der Waals surface area contributed by atoms with Crippen LogP contribution in [0.5, 0.6) is 11.5 Å². The maximum Gasteiger partial charge on any atom is 0.255 e. The summed E-state index contributed by atoms with van der Waals surface area (Å²) in [7, 11) is 0. The number of amides is 2. The lowest BCUT2D eigenvalue weighted by atomic mass is 10.00. The molecule has 0 aliphatic carbocycles. The van der Waals surface area contributed by atoms with Crippen molar-refractivity contribution in [2.24, 2.45) is 5.73 Å². The molecule has 2 amide bonds. The molecule has 0 aromatic heterocycles. The van der Waals surface area contributed by atoms with E-state index in [4.69, 9.17) is 15.2 Å². The second-order valence-electron chi connectivity index (χ2n) is 5.48. The quantitative estimate of drug-likeness (QED) is 0.876. The SMILES string of the molecule is NC(=O)COc1ccc(C(=O)NC2CCOc3ccccc32)cc1. The van der Waals surface area contributed by atoms with Gasteiger partial charge in [0.2, 0.25) is 0 Å². The zero-order valence-corrected chi connectivity index (χ0v) is 13.0. The Balaban J connectivity index is 1.66. The molecule has 0 saturated heterocycles. The van der Waals surface area contributed by atoms with Crippen LogP contribution < -0.4 is 20.5 Å². The summed E-state index contributed by atoms with van der Waals surface area (Å²) < 4.78 is 10.8. The lowest BCUT2D eigenvalue weighted by molar-refractivity contribution is -0.119. The van der Waals surface area contributed by atoms with E-state index in [1.807, 2.05) is 24.3 Å². The molecule has 0 saturated carbocycles. The van der Waals surface area contributed by atoms with Crippen molar-refractivity contribution >= 4 is 11.8 Å². The van der Waals surface area contributed by atoms with E-state index in [0.29, 0.717) is 17.9 Å². The maximum absolute atomic E-state index is 12.4. The van der Waals surface area contributed by atoms with Gasteiger partial charge in [0.25, 0.3) is 11.8 Å². The zero-order chi connectivity index (χ0) is 16.9. The van der Waals surface area contributed by atoms with Gasteiger partial charge < -0.3 is 20.5 Å². The number of primary amides is 1. The van der Waals surface area contributed by atoms with Crippen LogP contribution in [0.15, 0.2) is 48.5 Å². The molecule has 0 spiro atoms. The molecule has 0 radical (unpaired) electrons. The fourth-order valence-electron chi connectivity index (χ4n) is 2.59. The summed E-state index contributed by atoms with van der Waals surface area (Å²) in [4.78, 5) is 23.1. The van der Waals surface area contributed by atoms with Gasteiger partial charge in [-0.25, -0.2) is 0 Å². The van der Waals surface area contributed by atoms with Crippen LogP contribution in [0.2, 0.25) is 0 Å². The fraction of sp³-hybridized carbons (Fsp3) is 0.222. The van der Waals surface area contributed by atoms with E-state index >= 15 is 0 Å². The first-order valence-corrected chi connectivity index (χ1v) is 7.67. The van der Waals surface area contributed by atoms with E-state index in [1.165, 1.54) is 0 Å². The summed E-state index contributed by atoms with van der Waals surface area (Å²) in [5.74, 6) is 0.583. The maximum atomic E-state index is 12.4. The van der Waals surface area contributed by atoms with E-state index in [9.17, 15) is 9.59 Å². The van der Waals surface area contributed by atoms with Crippen LogP contribution in [0.4, 0.5) is 0 Å². The molecule has 6 heteroatoms. The first-order valence-electron chi connectivity index (χ1n) is 7.67. The average Bonchev–Trinajstić information content (AvgIpc) is 2.60. The third kappa shape index (κ3) is 3.65. The summed E-state index contributed by atoms with van der Waals surface area (Å²) in [5.41, 5.74) is 6.53. The number of nitrogens with one attached hydrogen (secondary N) is 1. The van der Waals surface area contributed by atoms with Crippen LogP contribution >= 0.6 is 0 Å². The van der Waals surface area contributed by atoms with Gasteiger partial charge >= 0.3 is 0 Å². The number of para-hydroxylation sites is 1. The van der Waals surface area contributed by atoms with Crippen LogP contribution in [-0.2, 0) is 4.79 Å². The number of hydrogen-bond acceptors (Lipinski definition) is 4. The highest BCUT2D eigenvalue weighted by Crippen LogP contribution is 2.31. The van der Waals surface area contributed by atoms with E-state index in [-0.39, 0.29) is 18.6 Å². The summed E-state index contributed by atoms with van der Waals surface area (Å²) in [6.45, 7) is 0.381. The van der Waals surface area contributed by atoms with Crippen molar-refractivity contribution in [2.45, 2.75) is 12.5 Å². The van der Waals surface area contributed by atoms with Crippen LogP contribution in [0.3, 0.4) is 0 Å². The van der Waals surface area contributed by atoms with Gasteiger partial charge in [-0.05, 0) is 30.3 Å². The van der Waals surface area contributed by atoms with E-state index < -0.39 is 5.91 Å². The molecule has 124 valence electrons. The van der Waals surface area contributed by atoms with Gasteiger partial charge in [-0.1, -0.05) is 18.2 Å². The van der Waals surface area contributed by atoms with Crippen LogP contribution in [-0.4, -0.2) is 25.0 Å². The molecule has 1 aliphatic heterocycles. The van der Waals surface area contributed by atoms with Crippen molar-refractivity contribution in [2.75, 3.05) is 13.2 Å². The standard InChI is InChI=1S/C18H18N2O4/c19-17(21)11-24-13-7-5-12(6-8-13)18(22)20-15-9-10-23-16-4-2-1-3-14(15)16/h1-8,15H,9-11H2,(H2,19,21)(H,20,22). The smallest absolute Gasteiger partial charge is 0.255 e. The zero-order valence-electron chi connectivity index (χ0n) is 13.0. The predicted octanol–water partition coefficient (Wildman–Crippen LogP) is 1.80. The molecular formula is C18H18N2O4. The predicted molar refractivity (Wildman–Crippen MR) is 87.9 cm³/mol. The highest BCUT2D eigenvalue weighted by molar-refractivity contribution is 5.94. The van der Waals surface area contributed by atoms with Crippen molar-refractivity contribution in [3.05, 3.63) is 59.7 Å². The lowest BCUT2D eigenvalue weighted by Gasteiger charge is -2.26. The Hall–Kier alpha value is -3.02. The first kappa shape index (κ1) is 15.9. The number of carbonyl (C=O) groups is 2. The minimum atomic E-state index is -0.546. The molecule has 0 fully saturated rings. The Morgan fingerprint density at radius 3 is 2.67 bits per heavy atom. The number of fused-ring (bicyclic) bond motifs is 1. The third-order valence-corrected chi connectivity index (χ3v) is 3.76. The normalized spacial score (nSPS) is 15.8. The molecule has 24 heavy (non-hydrogen) atoms. The molecule has 3 N–H and O–H groups in total. The molecule has 1 atom stereocenters. The number of benzene rings is 2. The highest BCUT2D eigenvalue weighted by Gasteiger charge is 2.23. The molecule has 3 rings (SSSR count). The molecule has 2 aromatic rings. The second-order valence-corrected chi connectivity index (χ2v) is 5.48. The molecule has 0 bridgehead atoms. The topological polar surface area (TPSA) is 90.7 Å². The third-order valence-electron chi connectivity index (χ3n) is 3.76. The molecule has 1 heterocycles. The number of rotatable bonds is 5. The first-order chi connectivity index (χ1) is 11.6. The van der Waals surface area contributed by atoms with Crippen LogP contribution in [0, 0.1) is 0 Å². The minimum absolute atomic E-state index is 0.0757. The number of nitrogens with two attached hydrogens (primary N) is 1. The Labute approximate surface area is 139 Å². The lowest BCUT2D eigenvalue weighted by Crippen LogP contribution is -2.32. The summed E-state index contributed by atoms with van der Waals surface area (Å²) in [6, 6.07) is 14.2. The van der Waals surface area contributed by atoms with Crippen molar-refractivity contribution in [3.63, 3.8) is 0 Å². The molecule has 1 unspecified atom stereocenters. The summed E-state index contributed by atoms with van der Waals surface area (Å²) >= 11 is 0. The van der Waals surface area contributed by atoms with Crippen molar-refractivity contribution < 1.29 is 19.1 Å². The van der Waals surface area contributed by atoms with E-state index in [1.54, 1.807) is 24.3 Å². The van der Waals surface area contributed by atoms with Gasteiger partial charge in [0.15, 0.2) is 6.61 Å². The average molecular weight is 326 g/mol. The van der Waals surface area contributed by atoms with Crippen molar-refractivity contribution in [3.8, 4) is 11.5 Å². The van der Waals surface area contributed by atoms with Crippen LogP contribution in [0.1, 0.15) is 28.4 Å². The molecule has 2 aromatic carbocycles. The highest BCUT2D eigenvalue weighted by atomic mass is 16.5. The van der Waals surface area contributed by atoms with E-state index in [2.05, 4.69) is 5.32 Å². The largest absolute Gasteiger partial charge is 0.493 e. The molecule has 1 aliphatic rings. The van der Waals surface area contributed by atoms with Crippen molar-refractivity contribution in [1.29, 1.82) is 0 Å². The number of carbonyl (C=O) groups excluding carboxylic acids is 2. The minimum Gasteiger partial charge on any atom is -0.493 e. The van der Waals surface area contributed by atoms with Gasteiger partial charge in [0, 0.05) is 17.5 Å². The fourth-order valence-corrected chi connectivity index (χ4v) is 2.59. The Kier molecular flexibility index (Phi) is 4.65. The monoisotopic (exact) mass is 326 g/mol. The number of hydrogen-bond donors (Lipinski definition) is 2. The molecule has 6 nitrogen and oxygen atoms in total. The Bertz CT molecular complexity index is 743. The van der Waals surface area contributed by atoms with Gasteiger partial charge in [-0.2, -0.15) is 0 Å². The van der Waals surface area contributed by atoms with Gasteiger partial charge in [-0.3, -0.25) is 9.59 Å². The van der Waals surface area contributed by atoms with Gasteiger partial charge in [-0.15, -0.1) is 0 Å². The van der Waals surface area contributed by atoms with E-state index in [0.717, 1.165) is 17.7 Å². The number of ether oxygens (including phenoxy) is 2. The Morgan fingerprint density at radius 1 is 1.17 bits per heavy atom. The summed E-state index contributed by atoms with van der Waals surface area (Å²) in [6.07, 6.45) is 0.725.